The second-order valence-electron chi connectivity index (χ2n) is 11.3. The Morgan fingerprint density at radius 2 is 1.37 bits per heavy atom. The highest BCUT2D eigenvalue weighted by Crippen LogP contribution is 2.16. The van der Waals surface area contributed by atoms with Gasteiger partial charge in [-0.15, -0.1) is 0 Å². The molecule has 238 valence electrons. The predicted octanol–water partition coefficient (Wildman–Crippen LogP) is 3.46. The van der Waals surface area contributed by atoms with Crippen molar-refractivity contribution in [3.8, 4) is 5.75 Å². The molecule has 43 heavy (non-hydrogen) atoms. The molecule has 12 nitrogen and oxygen atoms in total. The summed E-state index contributed by atoms with van der Waals surface area (Å²) in [4.78, 5) is 47.8. The number of nitrogens with one attached hydrogen (secondary N) is 4. The van der Waals surface area contributed by atoms with Gasteiger partial charge in [-0.05, 0) is 50.5 Å². The van der Waals surface area contributed by atoms with Crippen LogP contribution in [0.2, 0.25) is 0 Å². The molecule has 2 unspecified atom stereocenters. The van der Waals surface area contributed by atoms with Crippen molar-refractivity contribution in [2.75, 3.05) is 19.8 Å². The SMILES string of the molecule is CCCCCNC(=O)C(Cc1ccc(OC(COO)COO)cc1)NC(=O)C(Cc1ccccc1)NC(=O)NC(C)(C)C. The smallest absolute Gasteiger partial charge is 0.315 e. The molecule has 0 fully saturated rings. The molecule has 6 N–H and O–H groups in total. The summed E-state index contributed by atoms with van der Waals surface area (Å²) >= 11 is 0. The Bertz CT molecular complexity index is 1100. The Morgan fingerprint density at radius 1 is 0.791 bits per heavy atom. The van der Waals surface area contributed by atoms with Crippen molar-refractivity contribution in [1.82, 2.24) is 21.3 Å². The largest absolute Gasteiger partial charge is 0.485 e. The van der Waals surface area contributed by atoms with E-state index in [2.05, 4.69) is 38.0 Å². The lowest BCUT2D eigenvalue weighted by atomic mass is 10.0. The van der Waals surface area contributed by atoms with Gasteiger partial charge in [0.2, 0.25) is 11.8 Å². The molecule has 12 heteroatoms. The third kappa shape index (κ3) is 14.3. The molecule has 0 saturated carbocycles. The van der Waals surface area contributed by atoms with E-state index in [1.165, 1.54) is 0 Å². The van der Waals surface area contributed by atoms with Gasteiger partial charge in [0.15, 0.2) is 6.10 Å². The molecule has 0 aromatic heterocycles. The van der Waals surface area contributed by atoms with Crippen LogP contribution in [0.15, 0.2) is 54.6 Å². The minimum atomic E-state index is -0.935. The molecule has 0 radical (unpaired) electrons. The molecule has 0 spiro atoms. The van der Waals surface area contributed by atoms with Crippen LogP contribution in [0.1, 0.15) is 58.1 Å². The van der Waals surface area contributed by atoms with Crippen LogP contribution in [0.3, 0.4) is 0 Å². The van der Waals surface area contributed by atoms with Gasteiger partial charge in [-0.1, -0.05) is 62.2 Å². The maximum atomic E-state index is 13.6. The first-order valence-corrected chi connectivity index (χ1v) is 14.5. The molecule has 0 heterocycles. The molecule has 0 aliphatic carbocycles. The van der Waals surface area contributed by atoms with Crippen LogP contribution in [0, 0.1) is 0 Å². The zero-order chi connectivity index (χ0) is 31.7. The number of amides is 4. The Hall–Kier alpha value is -3.71. The van der Waals surface area contributed by atoms with Gasteiger partial charge in [-0.2, -0.15) is 0 Å². The quantitative estimate of drug-likeness (QED) is 0.0857. The molecule has 2 rings (SSSR count). The van der Waals surface area contributed by atoms with Crippen molar-refractivity contribution in [2.24, 2.45) is 0 Å². The fraction of sp³-hybridized carbons (Fsp3) is 0.516. The molecular weight excluding hydrogens is 556 g/mol. The van der Waals surface area contributed by atoms with Gasteiger partial charge in [0.05, 0.1) is 0 Å². The van der Waals surface area contributed by atoms with E-state index >= 15 is 0 Å². The van der Waals surface area contributed by atoms with Crippen molar-refractivity contribution >= 4 is 17.8 Å². The van der Waals surface area contributed by atoms with Gasteiger partial charge < -0.3 is 26.0 Å². The number of carbonyl (C=O) groups excluding carboxylic acids is 3. The minimum Gasteiger partial charge on any atom is -0.485 e. The van der Waals surface area contributed by atoms with Crippen LogP contribution >= 0.6 is 0 Å². The summed E-state index contributed by atoms with van der Waals surface area (Å²) in [6.07, 6.45) is 2.44. The zero-order valence-electron chi connectivity index (χ0n) is 25.4. The molecule has 2 aromatic rings. The van der Waals surface area contributed by atoms with Crippen molar-refractivity contribution in [1.29, 1.82) is 0 Å². The van der Waals surface area contributed by atoms with Crippen LogP contribution in [-0.2, 0) is 32.2 Å². The summed E-state index contributed by atoms with van der Waals surface area (Å²) in [7, 11) is 0. The first-order valence-electron chi connectivity index (χ1n) is 14.5. The Balaban J connectivity index is 2.22. The maximum absolute atomic E-state index is 13.6. The van der Waals surface area contributed by atoms with Crippen LogP contribution in [0.4, 0.5) is 4.79 Å². The lowest BCUT2D eigenvalue weighted by molar-refractivity contribution is -0.286. The summed E-state index contributed by atoms with van der Waals surface area (Å²) in [5, 5.41) is 28.8. The highest BCUT2D eigenvalue weighted by molar-refractivity contribution is 5.92. The van der Waals surface area contributed by atoms with E-state index in [9.17, 15) is 14.4 Å². The number of ether oxygens (including phenoxy) is 1. The third-order valence-corrected chi connectivity index (χ3v) is 6.29. The molecule has 0 aliphatic rings. The number of carbonyl (C=O) groups is 3. The van der Waals surface area contributed by atoms with Crippen molar-refractivity contribution < 1.29 is 39.4 Å². The van der Waals surface area contributed by atoms with Crippen LogP contribution in [-0.4, -0.2) is 71.8 Å². The Kier molecular flexibility index (Phi) is 15.5. The first kappa shape index (κ1) is 35.5. The number of urea groups is 1. The normalized spacial score (nSPS) is 12.7. The van der Waals surface area contributed by atoms with Gasteiger partial charge in [-0.3, -0.25) is 20.1 Å². The molecule has 2 aromatic carbocycles. The number of rotatable bonds is 18. The molecule has 0 aliphatic heterocycles. The molecule has 0 saturated heterocycles. The van der Waals surface area contributed by atoms with Gasteiger partial charge in [0, 0.05) is 24.9 Å². The van der Waals surface area contributed by atoms with Crippen LogP contribution in [0.25, 0.3) is 0 Å². The fourth-order valence-corrected chi connectivity index (χ4v) is 4.20. The number of hydrogen-bond donors (Lipinski definition) is 6. The highest BCUT2D eigenvalue weighted by atomic mass is 17.1. The summed E-state index contributed by atoms with van der Waals surface area (Å²) in [5.74, 6) is -0.399. The van der Waals surface area contributed by atoms with Crippen LogP contribution < -0.4 is 26.0 Å². The van der Waals surface area contributed by atoms with E-state index in [1.54, 1.807) is 24.3 Å². The van der Waals surface area contributed by atoms with E-state index in [4.69, 9.17) is 15.3 Å². The monoisotopic (exact) mass is 602 g/mol. The van der Waals surface area contributed by atoms with E-state index in [0.717, 1.165) is 30.4 Å². The highest BCUT2D eigenvalue weighted by Gasteiger charge is 2.28. The van der Waals surface area contributed by atoms with E-state index in [0.29, 0.717) is 12.3 Å². The van der Waals surface area contributed by atoms with Gasteiger partial charge in [0.25, 0.3) is 0 Å². The van der Waals surface area contributed by atoms with E-state index in [1.807, 2.05) is 51.1 Å². The Morgan fingerprint density at radius 3 is 1.93 bits per heavy atom. The number of hydrogen-bond acceptors (Lipinski definition) is 8. The summed E-state index contributed by atoms with van der Waals surface area (Å²) in [5.41, 5.74) is 1.09. The maximum Gasteiger partial charge on any atom is 0.315 e. The molecule has 0 bridgehead atoms. The zero-order valence-corrected chi connectivity index (χ0v) is 25.4. The summed E-state index contributed by atoms with van der Waals surface area (Å²) in [6.45, 7) is 7.64. The van der Waals surface area contributed by atoms with E-state index < -0.39 is 35.7 Å². The number of benzene rings is 2. The van der Waals surface area contributed by atoms with Crippen molar-refractivity contribution in [3.63, 3.8) is 0 Å². The Labute approximate surface area is 253 Å². The minimum absolute atomic E-state index is 0.181. The van der Waals surface area contributed by atoms with Gasteiger partial charge in [0.1, 0.15) is 31.0 Å². The molecule has 4 amide bonds. The second kappa shape index (κ2) is 18.7. The predicted molar refractivity (Wildman–Crippen MR) is 162 cm³/mol. The number of unbranched alkanes of at least 4 members (excludes halogenated alkanes) is 2. The van der Waals surface area contributed by atoms with Crippen molar-refractivity contribution in [3.05, 3.63) is 65.7 Å². The standard InChI is InChI=1S/C31H46N4O8/c1-5-6-10-17-32-28(36)26(19-23-13-15-24(16-14-23)43-25(20-41-39)21-42-40)33-29(37)27(18-22-11-8-7-9-12-22)34-30(38)35-31(2,3)4/h7-9,11-16,25-27,39-40H,5-6,10,17-21H2,1-4H3,(H,32,36)(H,33,37)(H2,34,35,38). The lowest BCUT2D eigenvalue weighted by Crippen LogP contribution is -2.57. The third-order valence-electron chi connectivity index (χ3n) is 6.29. The average molecular weight is 603 g/mol. The average Bonchev–Trinajstić information content (AvgIpc) is 2.95. The van der Waals surface area contributed by atoms with E-state index in [-0.39, 0.29) is 32.0 Å². The fourth-order valence-electron chi connectivity index (χ4n) is 4.20. The second-order valence-corrected chi connectivity index (χ2v) is 11.3. The van der Waals surface area contributed by atoms with Gasteiger partial charge in [-0.25, -0.2) is 14.6 Å². The van der Waals surface area contributed by atoms with Gasteiger partial charge >= 0.3 is 6.03 Å². The summed E-state index contributed by atoms with van der Waals surface area (Å²) < 4.78 is 5.64. The summed E-state index contributed by atoms with van der Waals surface area (Å²) in [6, 6.07) is 13.8. The lowest BCUT2D eigenvalue weighted by Gasteiger charge is -2.26. The van der Waals surface area contributed by atoms with Crippen molar-refractivity contribution in [2.45, 2.75) is 83.5 Å². The van der Waals surface area contributed by atoms with Crippen LogP contribution in [0.5, 0.6) is 5.75 Å². The molecular formula is C31H46N4O8. The first-order chi connectivity index (χ1) is 20.5. The topological polar surface area (TPSA) is 167 Å². The molecule has 2 atom stereocenters.